The predicted octanol–water partition coefficient (Wildman–Crippen LogP) is 1.29. The molecule has 0 bridgehead atoms. The van der Waals surface area contributed by atoms with E-state index in [1.54, 1.807) is 4.90 Å². The molecule has 0 spiro atoms. The number of rotatable bonds is 8. The maximum atomic E-state index is 12.8. The maximum Gasteiger partial charge on any atom is 0.286 e. The smallest absolute Gasteiger partial charge is 0.286 e. The van der Waals surface area contributed by atoms with Gasteiger partial charge in [-0.3, -0.25) is 9.59 Å². The van der Waals surface area contributed by atoms with Gasteiger partial charge in [-0.1, -0.05) is 20.8 Å². The molecule has 2 heterocycles. The lowest BCUT2D eigenvalue weighted by Crippen LogP contribution is -2.50. The van der Waals surface area contributed by atoms with Crippen LogP contribution in [-0.4, -0.2) is 63.2 Å². The van der Waals surface area contributed by atoms with Crippen LogP contribution in [0.25, 0.3) is 0 Å². The Balaban J connectivity index is 2.07. The summed E-state index contributed by atoms with van der Waals surface area (Å²) in [7, 11) is 0. The number of carbonyl (C=O) groups is 2. The van der Waals surface area contributed by atoms with E-state index in [1.165, 1.54) is 0 Å². The number of ketones is 1. The Kier molecular flexibility index (Phi) is 6.18. The summed E-state index contributed by atoms with van der Waals surface area (Å²) in [6.07, 6.45) is 2.15. The van der Waals surface area contributed by atoms with E-state index < -0.39 is 11.6 Å². The number of hydrogen-bond acceptors (Lipinski definition) is 7. The first kappa shape index (κ1) is 20.5. The van der Waals surface area contributed by atoms with Crippen molar-refractivity contribution in [2.45, 2.75) is 70.9 Å². The van der Waals surface area contributed by atoms with Gasteiger partial charge in [-0.05, 0) is 33.1 Å². The van der Waals surface area contributed by atoms with Crippen LogP contribution in [0.5, 0.6) is 0 Å². The average Bonchev–Trinajstić information content (AvgIpc) is 3.28. The molecule has 8 heteroatoms. The number of Topliss-reactive ketones (excluding diaryl/α,β-unsaturated/α-hetero) is 1. The number of amides is 1. The normalized spacial score (nSPS) is 18.4. The Morgan fingerprint density at radius 1 is 1.31 bits per heavy atom. The summed E-state index contributed by atoms with van der Waals surface area (Å²) in [5, 5.41) is 20.2. The first-order chi connectivity index (χ1) is 12.1. The van der Waals surface area contributed by atoms with Crippen molar-refractivity contribution in [3.63, 3.8) is 0 Å². The summed E-state index contributed by atoms with van der Waals surface area (Å²) >= 11 is 0. The molecule has 0 radical (unpaired) electrons. The lowest BCUT2D eigenvalue weighted by molar-refractivity contribution is -0.130. The average molecular weight is 366 g/mol. The topological polar surface area (TPSA) is 109 Å². The summed E-state index contributed by atoms with van der Waals surface area (Å²) in [6.45, 7) is 10.1. The molecular weight excluding hydrogens is 336 g/mol. The second-order valence-electron chi connectivity index (χ2n) is 8.15. The molecular formula is C18H30N4O4. The third kappa shape index (κ3) is 4.48. The number of nitrogens with one attached hydrogen (secondary N) is 1. The number of aromatic nitrogens is 2. The van der Waals surface area contributed by atoms with E-state index in [-0.39, 0.29) is 36.1 Å². The fraction of sp³-hybridized carbons (Fsp3) is 0.778. The van der Waals surface area contributed by atoms with E-state index in [0.29, 0.717) is 18.9 Å². The maximum absolute atomic E-state index is 12.8. The highest BCUT2D eigenvalue weighted by molar-refractivity contribution is 5.98. The Labute approximate surface area is 154 Å². The van der Waals surface area contributed by atoms with Crippen molar-refractivity contribution in [3.8, 4) is 0 Å². The van der Waals surface area contributed by atoms with Crippen LogP contribution in [-0.2, 0) is 10.2 Å². The zero-order valence-electron chi connectivity index (χ0n) is 16.3. The molecule has 26 heavy (non-hydrogen) atoms. The summed E-state index contributed by atoms with van der Waals surface area (Å²) in [5.74, 6) is -0.0700. The van der Waals surface area contributed by atoms with Gasteiger partial charge in [0.1, 0.15) is 6.04 Å². The van der Waals surface area contributed by atoms with Crippen molar-refractivity contribution >= 4 is 11.7 Å². The Bertz CT molecular complexity index is 653. The summed E-state index contributed by atoms with van der Waals surface area (Å²) < 4.78 is 5.61. The fourth-order valence-electron chi connectivity index (χ4n) is 2.70. The monoisotopic (exact) mass is 366 g/mol. The van der Waals surface area contributed by atoms with E-state index in [1.807, 2.05) is 34.6 Å². The van der Waals surface area contributed by atoms with Gasteiger partial charge in [0.15, 0.2) is 0 Å². The lowest BCUT2D eigenvalue weighted by atomic mass is 9.90. The molecule has 1 amide bonds. The van der Waals surface area contributed by atoms with E-state index >= 15 is 0 Å². The third-order valence-corrected chi connectivity index (χ3v) is 5.09. The van der Waals surface area contributed by atoms with Crippen LogP contribution in [0.3, 0.4) is 0 Å². The van der Waals surface area contributed by atoms with Gasteiger partial charge in [0.05, 0.1) is 13.2 Å². The van der Waals surface area contributed by atoms with Crippen LogP contribution < -0.4 is 5.32 Å². The number of hydrogen-bond donors (Lipinski definition) is 2. The molecule has 146 valence electrons. The molecule has 2 rings (SSSR count). The largest absolute Gasteiger partial charge is 0.418 e. The van der Waals surface area contributed by atoms with Crippen molar-refractivity contribution < 1.29 is 19.1 Å². The van der Waals surface area contributed by atoms with Gasteiger partial charge in [0, 0.05) is 17.5 Å². The second kappa shape index (κ2) is 7.84. The third-order valence-electron chi connectivity index (χ3n) is 5.09. The summed E-state index contributed by atoms with van der Waals surface area (Å²) in [6, 6.07) is -0.570. The van der Waals surface area contributed by atoms with Gasteiger partial charge >= 0.3 is 0 Å². The SMILES string of the molecule is CCC(C)(C)c1nnc(C(=O)C2CCCN2C(=O)CNC(C)(C)CO)o1. The minimum absolute atomic E-state index is 0.0325. The van der Waals surface area contributed by atoms with Gasteiger partial charge in [-0.2, -0.15) is 0 Å². The highest BCUT2D eigenvalue weighted by atomic mass is 16.4. The number of carbonyl (C=O) groups excluding carboxylic acids is 2. The first-order valence-corrected chi connectivity index (χ1v) is 9.15. The Morgan fingerprint density at radius 3 is 2.62 bits per heavy atom. The summed E-state index contributed by atoms with van der Waals surface area (Å²) in [5.41, 5.74) is -0.849. The molecule has 1 aliphatic rings. The van der Waals surface area contributed by atoms with Crippen LogP contribution in [0, 0.1) is 0 Å². The van der Waals surface area contributed by atoms with Gasteiger partial charge in [0.25, 0.3) is 5.89 Å². The number of nitrogens with zero attached hydrogens (tertiary/aromatic N) is 3. The fourth-order valence-corrected chi connectivity index (χ4v) is 2.70. The van der Waals surface area contributed by atoms with Crippen molar-refractivity contribution in [1.82, 2.24) is 20.4 Å². The van der Waals surface area contributed by atoms with Crippen molar-refractivity contribution in [1.29, 1.82) is 0 Å². The van der Waals surface area contributed by atoms with E-state index in [2.05, 4.69) is 15.5 Å². The minimum Gasteiger partial charge on any atom is -0.418 e. The predicted molar refractivity (Wildman–Crippen MR) is 95.8 cm³/mol. The van der Waals surface area contributed by atoms with E-state index in [0.717, 1.165) is 12.8 Å². The van der Waals surface area contributed by atoms with Crippen LogP contribution >= 0.6 is 0 Å². The van der Waals surface area contributed by atoms with Gasteiger partial charge in [0.2, 0.25) is 17.6 Å². The highest BCUT2D eigenvalue weighted by Crippen LogP contribution is 2.27. The zero-order chi connectivity index (χ0) is 19.5. The number of aliphatic hydroxyl groups excluding tert-OH is 1. The second-order valence-corrected chi connectivity index (χ2v) is 8.15. The Hall–Kier alpha value is -1.80. The molecule has 1 fully saturated rings. The minimum atomic E-state index is -0.570. The molecule has 0 saturated carbocycles. The Morgan fingerprint density at radius 2 is 2.00 bits per heavy atom. The van der Waals surface area contributed by atoms with Crippen LogP contribution in [0.2, 0.25) is 0 Å². The molecule has 0 aromatic carbocycles. The van der Waals surface area contributed by atoms with Crippen molar-refractivity contribution in [3.05, 3.63) is 11.8 Å². The van der Waals surface area contributed by atoms with E-state index in [4.69, 9.17) is 4.42 Å². The molecule has 1 aliphatic heterocycles. The molecule has 0 aliphatic carbocycles. The zero-order valence-corrected chi connectivity index (χ0v) is 16.3. The van der Waals surface area contributed by atoms with Crippen molar-refractivity contribution in [2.24, 2.45) is 0 Å². The standard InChI is InChI=1S/C18H30N4O4/c1-6-17(2,3)16-21-20-15(26-16)14(25)12-8-7-9-22(12)13(24)10-19-18(4,5)11-23/h12,19,23H,6-11H2,1-5H3. The number of aliphatic hydroxyl groups is 1. The lowest BCUT2D eigenvalue weighted by Gasteiger charge is -2.27. The van der Waals surface area contributed by atoms with Crippen molar-refractivity contribution in [2.75, 3.05) is 19.7 Å². The molecule has 1 aromatic heterocycles. The molecule has 1 atom stereocenters. The molecule has 1 aromatic rings. The van der Waals surface area contributed by atoms with Crippen LogP contribution in [0.4, 0.5) is 0 Å². The molecule has 1 saturated heterocycles. The first-order valence-electron chi connectivity index (χ1n) is 9.15. The van der Waals surface area contributed by atoms with E-state index in [9.17, 15) is 14.7 Å². The number of likely N-dealkylation sites (tertiary alicyclic amines) is 1. The summed E-state index contributed by atoms with van der Waals surface area (Å²) in [4.78, 5) is 26.9. The molecule has 1 unspecified atom stereocenters. The van der Waals surface area contributed by atoms with Crippen LogP contribution in [0.1, 0.15) is 70.5 Å². The quantitative estimate of drug-likeness (QED) is 0.667. The van der Waals surface area contributed by atoms with Gasteiger partial charge < -0.3 is 19.7 Å². The molecule has 2 N–H and O–H groups in total. The highest BCUT2D eigenvalue weighted by Gasteiger charge is 2.38. The molecule has 8 nitrogen and oxygen atoms in total. The van der Waals surface area contributed by atoms with Gasteiger partial charge in [-0.25, -0.2) is 0 Å². The van der Waals surface area contributed by atoms with Crippen LogP contribution in [0.15, 0.2) is 4.42 Å². The van der Waals surface area contributed by atoms with Gasteiger partial charge in [-0.15, -0.1) is 10.2 Å².